The third-order valence-corrected chi connectivity index (χ3v) is 5.61. The molecule has 0 amide bonds. The Morgan fingerprint density at radius 2 is 1.87 bits per heavy atom. The summed E-state index contributed by atoms with van der Waals surface area (Å²) < 4.78 is 0. The monoisotopic (exact) mass is 436 g/mol. The first-order valence-corrected chi connectivity index (χ1v) is 10.8. The molecule has 0 atom stereocenters. The van der Waals surface area contributed by atoms with Gasteiger partial charge in [-0.3, -0.25) is 0 Å². The minimum Gasteiger partial charge on any atom is -0.478 e. The average Bonchev–Trinajstić information content (AvgIpc) is 3.27. The topological polar surface area (TPSA) is 90.7 Å². The van der Waals surface area contributed by atoms with E-state index in [2.05, 4.69) is 16.8 Å². The standard InChI is InChI=1S/C24H24N2O4S/c1-2-12-26(16-17-7-9-18(10-8-17)23(27)28)22-19(5-3-11-25-22)14-20(24(29)30)15-21-6-4-13-31-21/h3-11,13-14H,2,12,15-16H2,1H3,(H,27,28)(H,29,30)/b20-14+. The second kappa shape index (κ2) is 10.5. The molecule has 0 unspecified atom stereocenters. The number of rotatable bonds is 10. The van der Waals surface area contributed by atoms with Gasteiger partial charge in [0.05, 0.1) is 5.56 Å². The summed E-state index contributed by atoms with van der Waals surface area (Å²) in [5, 5.41) is 20.8. The van der Waals surface area contributed by atoms with E-state index in [1.807, 2.05) is 23.6 Å². The Hall–Kier alpha value is -3.45. The van der Waals surface area contributed by atoms with Gasteiger partial charge >= 0.3 is 11.9 Å². The van der Waals surface area contributed by atoms with Crippen LogP contribution in [0.4, 0.5) is 5.82 Å². The van der Waals surface area contributed by atoms with Gasteiger partial charge < -0.3 is 15.1 Å². The molecular weight excluding hydrogens is 412 g/mol. The predicted octanol–water partition coefficient (Wildman–Crippen LogP) is 4.97. The van der Waals surface area contributed by atoms with Crippen LogP contribution >= 0.6 is 11.3 Å². The first-order chi connectivity index (χ1) is 15.0. The van der Waals surface area contributed by atoms with Crippen molar-refractivity contribution >= 4 is 35.2 Å². The van der Waals surface area contributed by atoms with E-state index in [1.165, 1.54) is 11.3 Å². The van der Waals surface area contributed by atoms with E-state index < -0.39 is 11.9 Å². The maximum absolute atomic E-state index is 11.9. The maximum atomic E-state index is 11.9. The Bertz CT molecular complexity index is 1060. The number of nitrogens with zero attached hydrogens (tertiary/aromatic N) is 2. The summed E-state index contributed by atoms with van der Waals surface area (Å²) >= 11 is 1.53. The van der Waals surface area contributed by atoms with Crippen LogP contribution in [-0.4, -0.2) is 33.7 Å². The predicted molar refractivity (Wildman–Crippen MR) is 123 cm³/mol. The smallest absolute Gasteiger partial charge is 0.335 e. The van der Waals surface area contributed by atoms with Gasteiger partial charge in [-0.05, 0) is 53.8 Å². The number of benzene rings is 1. The molecule has 0 aliphatic carbocycles. The Morgan fingerprint density at radius 1 is 1.10 bits per heavy atom. The van der Waals surface area contributed by atoms with Crippen molar-refractivity contribution in [2.24, 2.45) is 0 Å². The van der Waals surface area contributed by atoms with E-state index in [4.69, 9.17) is 5.11 Å². The second-order valence-electron chi connectivity index (χ2n) is 7.07. The summed E-state index contributed by atoms with van der Waals surface area (Å²) in [5.74, 6) is -1.20. The molecule has 2 aromatic heterocycles. The Morgan fingerprint density at radius 3 is 2.48 bits per heavy atom. The van der Waals surface area contributed by atoms with Crippen molar-refractivity contribution in [2.45, 2.75) is 26.3 Å². The number of carbonyl (C=O) groups is 2. The van der Waals surface area contributed by atoms with Crippen LogP contribution in [0.15, 0.2) is 65.7 Å². The van der Waals surface area contributed by atoms with E-state index in [0.717, 1.165) is 29.0 Å². The number of thiophene rings is 1. The Kier molecular flexibility index (Phi) is 7.56. The lowest BCUT2D eigenvalue weighted by atomic mass is 10.1. The molecule has 0 spiro atoms. The van der Waals surface area contributed by atoms with Gasteiger partial charge in [0.2, 0.25) is 0 Å². The van der Waals surface area contributed by atoms with Gasteiger partial charge in [0, 0.05) is 41.7 Å². The van der Waals surface area contributed by atoms with Gasteiger partial charge in [-0.1, -0.05) is 25.1 Å². The molecule has 1 aromatic carbocycles. The highest BCUT2D eigenvalue weighted by Gasteiger charge is 2.15. The van der Waals surface area contributed by atoms with Crippen LogP contribution in [0.2, 0.25) is 0 Å². The lowest BCUT2D eigenvalue weighted by Gasteiger charge is -2.25. The first-order valence-electron chi connectivity index (χ1n) is 9.96. The van der Waals surface area contributed by atoms with Crippen molar-refractivity contribution in [2.75, 3.05) is 11.4 Å². The fourth-order valence-electron chi connectivity index (χ4n) is 3.27. The summed E-state index contributed by atoms with van der Waals surface area (Å²) in [6.07, 6.45) is 4.63. The summed E-state index contributed by atoms with van der Waals surface area (Å²) in [5.41, 5.74) is 2.24. The van der Waals surface area contributed by atoms with Crippen LogP contribution in [-0.2, 0) is 17.8 Å². The van der Waals surface area contributed by atoms with Crippen LogP contribution in [0, 0.1) is 0 Å². The second-order valence-corrected chi connectivity index (χ2v) is 8.10. The number of pyridine rings is 1. The number of carboxylic acids is 2. The number of aliphatic carboxylic acids is 1. The third kappa shape index (κ3) is 6.02. The fraction of sp³-hybridized carbons (Fsp3) is 0.208. The molecule has 6 nitrogen and oxygen atoms in total. The zero-order valence-corrected chi connectivity index (χ0v) is 18.0. The van der Waals surface area contributed by atoms with Gasteiger partial charge in [0.1, 0.15) is 5.82 Å². The molecule has 0 saturated heterocycles. The molecule has 31 heavy (non-hydrogen) atoms. The van der Waals surface area contributed by atoms with E-state index in [9.17, 15) is 14.7 Å². The lowest BCUT2D eigenvalue weighted by molar-refractivity contribution is -0.132. The van der Waals surface area contributed by atoms with Crippen LogP contribution in [0.3, 0.4) is 0 Å². The largest absolute Gasteiger partial charge is 0.478 e. The maximum Gasteiger partial charge on any atom is 0.335 e. The minimum atomic E-state index is -0.957. The molecule has 160 valence electrons. The highest BCUT2D eigenvalue weighted by molar-refractivity contribution is 7.09. The van der Waals surface area contributed by atoms with E-state index >= 15 is 0 Å². The van der Waals surface area contributed by atoms with Crippen LogP contribution in [0.1, 0.15) is 39.7 Å². The van der Waals surface area contributed by atoms with Gasteiger partial charge in [0.25, 0.3) is 0 Å². The van der Waals surface area contributed by atoms with Crippen LogP contribution < -0.4 is 4.90 Å². The summed E-state index contributed by atoms with van der Waals surface area (Å²) in [6, 6.07) is 14.3. The zero-order valence-electron chi connectivity index (χ0n) is 17.2. The van der Waals surface area contributed by atoms with E-state index in [0.29, 0.717) is 24.4 Å². The quantitative estimate of drug-likeness (QED) is 0.436. The Balaban J connectivity index is 1.92. The van der Waals surface area contributed by atoms with Gasteiger partial charge in [-0.2, -0.15) is 0 Å². The van der Waals surface area contributed by atoms with Crippen LogP contribution in [0.25, 0.3) is 6.08 Å². The van der Waals surface area contributed by atoms with E-state index in [-0.39, 0.29) is 5.56 Å². The molecule has 0 bridgehead atoms. The van der Waals surface area contributed by atoms with Crippen molar-refractivity contribution in [1.82, 2.24) is 4.98 Å². The number of aromatic nitrogens is 1. The van der Waals surface area contributed by atoms with Crippen molar-refractivity contribution in [3.05, 3.63) is 87.2 Å². The molecule has 0 radical (unpaired) electrons. The Labute approximate surface area is 185 Å². The number of carboxylic acid groups (broad SMARTS) is 2. The molecular formula is C24H24N2O4S. The molecule has 0 aliphatic heterocycles. The highest BCUT2D eigenvalue weighted by atomic mass is 32.1. The third-order valence-electron chi connectivity index (χ3n) is 4.73. The lowest BCUT2D eigenvalue weighted by Crippen LogP contribution is -2.25. The van der Waals surface area contributed by atoms with Crippen molar-refractivity contribution in [3.8, 4) is 0 Å². The number of hydrogen-bond acceptors (Lipinski definition) is 5. The molecule has 2 heterocycles. The van der Waals surface area contributed by atoms with Gasteiger partial charge in [-0.15, -0.1) is 11.3 Å². The summed E-state index contributed by atoms with van der Waals surface area (Å²) in [7, 11) is 0. The SMILES string of the molecule is CCCN(Cc1ccc(C(=O)O)cc1)c1ncccc1/C=C(\Cc1cccs1)C(=O)O. The normalized spacial score (nSPS) is 11.3. The van der Waals surface area contributed by atoms with Gasteiger partial charge in [-0.25, -0.2) is 14.6 Å². The first kappa shape index (κ1) is 22.2. The van der Waals surface area contributed by atoms with Crippen molar-refractivity contribution in [1.29, 1.82) is 0 Å². The zero-order chi connectivity index (χ0) is 22.2. The highest BCUT2D eigenvalue weighted by Crippen LogP contribution is 2.24. The number of anilines is 1. The molecule has 2 N–H and O–H groups in total. The van der Waals surface area contributed by atoms with E-state index in [1.54, 1.807) is 42.6 Å². The molecule has 3 aromatic rings. The van der Waals surface area contributed by atoms with Gasteiger partial charge in [0.15, 0.2) is 0 Å². The average molecular weight is 437 g/mol. The fourth-order valence-corrected chi connectivity index (χ4v) is 3.99. The van der Waals surface area contributed by atoms with Crippen LogP contribution in [0.5, 0.6) is 0 Å². The molecule has 0 saturated carbocycles. The molecule has 7 heteroatoms. The molecule has 3 rings (SSSR count). The van der Waals surface area contributed by atoms with Crippen molar-refractivity contribution in [3.63, 3.8) is 0 Å². The summed E-state index contributed by atoms with van der Waals surface area (Å²) in [6.45, 7) is 3.34. The number of hydrogen-bond donors (Lipinski definition) is 2. The summed E-state index contributed by atoms with van der Waals surface area (Å²) in [4.78, 5) is 30.6. The molecule has 0 fully saturated rings. The van der Waals surface area contributed by atoms with Crippen molar-refractivity contribution < 1.29 is 19.8 Å². The minimum absolute atomic E-state index is 0.243. The molecule has 0 aliphatic rings. The number of aromatic carboxylic acids is 1.